The summed E-state index contributed by atoms with van der Waals surface area (Å²) in [5, 5.41) is 9.37. The minimum Gasteiger partial charge on any atom is -0.310 e. The maximum absolute atomic E-state index is 4.00. The number of hydrogen-bond donors (Lipinski definition) is 1. The van der Waals surface area contributed by atoms with Crippen LogP contribution in [0.1, 0.15) is 33.4 Å². The molecule has 4 nitrogen and oxygen atoms in total. The summed E-state index contributed by atoms with van der Waals surface area (Å²) in [6.07, 6.45) is 0. The van der Waals surface area contributed by atoms with Crippen molar-refractivity contribution in [1.29, 1.82) is 0 Å². The van der Waals surface area contributed by atoms with E-state index in [9.17, 15) is 0 Å². The van der Waals surface area contributed by atoms with Gasteiger partial charge in [-0.1, -0.05) is 4.49 Å². The van der Waals surface area contributed by atoms with Crippen molar-refractivity contribution in [3.05, 3.63) is 11.1 Å². The van der Waals surface area contributed by atoms with Crippen molar-refractivity contribution in [2.24, 2.45) is 0 Å². The molecule has 0 saturated carbocycles. The van der Waals surface area contributed by atoms with Crippen LogP contribution >= 0.6 is 11.5 Å². The van der Waals surface area contributed by atoms with Crippen LogP contribution in [-0.4, -0.2) is 39.7 Å². The fourth-order valence-corrected chi connectivity index (χ4v) is 2.25. The minimum absolute atomic E-state index is 0.600. The highest BCUT2D eigenvalue weighted by Crippen LogP contribution is 2.03. The Bertz CT molecular complexity index is 264. The number of nitrogens with zero attached hydrogens (tertiary/aromatic N) is 3. The van der Waals surface area contributed by atoms with Crippen LogP contribution in [0.5, 0.6) is 0 Å². The number of rotatable bonds is 7. The topological polar surface area (TPSA) is 41.0 Å². The van der Waals surface area contributed by atoms with Crippen LogP contribution in [0.15, 0.2) is 5.38 Å². The summed E-state index contributed by atoms with van der Waals surface area (Å²) in [6, 6.07) is 1.20. The summed E-state index contributed by atoms with van der Waals surface area (Å²) in [6.45, 7) is 11.9. The van der Waals surface area contributed by atoms with Crippen molar-refractivity contribution in [1.82, 2.24) is 19.8 Å². The molecule has 0 aromatic carbocycles. The van der Waals surface area contributed by atoms with E-state index < -0.39 is 0 Å². The van der Waals surface area contributed by atoms with Crippen molar-refractivity contribution >= 4 is 11.5 Å². The normalized spacial score (nSPS) is 11.9. The summed E-state index contributed by atoms with van der Waals surface area (Å²) < 4.78 is 3.83. The van der Waals surface area contributed by atoms with Crippen LogP contribution in [0.25, 0.3) is 0 Å². The molecule has 0 saturated heterocycles. The number of hydrogen-bond acceptors (Lipinski definition) is 5. The van der Waals surface area contributed by atoms with Crippen LogP contribution in [0.3, 0.4) is 0 Å². The maximum Gasteiger partial charge on any atom is 0.0893 e. The predicted octanol–water partition coefficient (Wildman–Crippen LogP) is 1.75. The van der Waals surface area contributed by atoms with Gasteiger partial charge in [0.2, 0.25) is 0 Å². The lowest BCUT2D eigenvalue weighted by atomic mass is 10.2. The monoisotopic (exact) mass is 242 g/mol. The molecular weight excluding hydrogens is 220 g/mol. The van der Waals surface area contributed by atoms with Gasteiger partial charge >= 0.3 is 0 Å². The zero-order valence-corrected chi connectivity index (χ0v) is 11.4. The molecule has 1 aromatic heterocycles. The summed E-state index contributed by atoms with van der Waals surface area (Å²) in [7, 11) is 0. The highest BCUT2D eigenvalue weighted by Gasteiger charge is 2.11. The number of aromatic nitrogens is 2. The lowest BCUT2D eigenvalue weighted by Crippen LogP contribution is -2.41. The Hall–Kier alpha value is -0.520. The lowest BCUT2D eigenvalue weighted by molar-refractivity contribution is 0.175. The van der Waals surface area contributed by atoms with E-state index in [-0.39, 0.29) is 0 Å². The molecule has 0 radical (unpaired) electrons. The van der Waals surface area contributed by atoms with E-state index in [1.54, 1.807) is 0 Å². The van der Waals surface area contributed by atoms with Crippen LogP contribution in [0, 0.1) is 0 Å². The Morgan fingerprint density at radius 2 is 2.00 bits per heavy atom. The Labute approximate surface area is 102 Å². The zero-order valence-electron chi connectivity index (χ0n) is 10.6. The van der Waals surface area contributed by atoms with Crippen LogP contribution in [0.2, 0.25) is 0 Å². The molecule has 0 amide bonds. The summed E-state index contributed by atoms with van der Waals surface area (Å²) in [4.78, 5) is 2.48. The molecule has 0 fully saturated rings. The van der Waals surface area contributed by atoms with Crippen molar-refractivity contribution < 1.29 is 0 Å². The lowest BCUT2D eigenvalue weighted by Gasteiger charge is -2.30. The van der Waals surface area contributed by atoms with Gasteiger partial charge in [0.1, 0.15) is 0 Å². The molecule has 92 valence electrons. The molecule has 0 aliphatic heterocycles. The molecule has 0 aliphatic rings. The molecule has 0 bridgehead atoms. The molecule has 1 N–H and O–H groups in total. The molecule has 0 atom stereocenters. The summed E-state index contributed by atoms with van der Waals surface area (Å²) in [5.41, 5.74) is 1.03. The van der Waals surface area contributed by atoms with Crippen molar-refractivity contribution in [3.8, 4) is 0 Å². The Morgan fingerprint density at radius 3 is 2.50 bits per heavy atom. The van der Waals surface area contributed by atoms with Crippen LogP contribution < -0.4 is 5.32 Å². The maximum atomic E-state index is 4.00. The molecule has 1 heterocycles. The molecular formula is C11H22N4S. The first-order valence-corrected chi connectivity index (χ1v) is 6.67. The average Bonchev–Trinajstić information content (AvgIpc) is 2.68. The third-order valence-corrected chi connectivity index (χ3v) is 3.14. The standard InChI is InChI=1S/C11H22N4S/c1-9(2)15(10(3)4)6-5-12-7-11-8-16-14-13-11/h8-10,12H,5-7H2,1-4H3. The summed E-state index contributed by atoms with van der Waals surface area (Å²) in [5.74, 6) is 0. The highest BCUT2D eigenvalue weighted by atomic mass is 32.1. The second-order valence-electron chi connectivity index (χ2n) is 4.50. The van der Waals surface area contributed by atoms with E-state index >= 15 is 0 Å². The Morgan fingerprint density at radius 1 is 1.31 bits per heavy atom. The van der Waals surface area contributed by atoms with Gasteiger partial charge in [-0.3, -0.25) is 4.90 Å². The van der Waals surface area contributed by atoms with E-state index in [2.05, 4.69) is 47.5 Å². The van der Waals surface area contributed by atoms with E-state index in [0.29, 0.717) is 12.1 Å². The van der Waals surface area contributed by atoms with Gasteiger partial charge in [0.05, 0.1) is 5.69 Å². The smallest absolute Gasteiger partial charge is 0.0893 e. The van der Waals surface area contributed by atoms with Gasteiger partial charge in [-0.2, -0.15) is 0 Å². The van der Waals surface area contributed by atoms with Gasteiger partial charge in [-0.25, -0.2) is 0 Å². The molecule has 5 heteroatoms. The zero-order chi connectivity index (χ0) is 12.0. The Kier molecular flexibility index (Phi) is 5.87. The van der Waals surface area contributed by atoms with Crippen LogP contribution in [0.4, 0.5) is 0 Å². The van der Waals surface area contributed by atoms with E-state index in [1.165, 1.54) is 11.5 Å². The molecule has 1 rings (SSSR count). The molecule has 0 spiro atoms. The second kappa shape index (κ2) is 6.93. The fraction of sp³-hybridized carbons (Fsp3) is 0.818. The average molecular weight is 242 g/mol. The summed E-state index contributed by atoms with van der Waals surface area (Å²) >= 11 is 1.40. The predicted molar refractivity (Wildman–Crippen MR) is 68.6 cm³/mol. The fourth-order valence-electron chi connectivity index (χ4n) is 1.80. The quantitative estimate of drug-likeness (QED) is 0.740. The van der Waals surface area contributed by atoms with Crippen LogP contribution in [-0.2, 0) is 6.54 Å². The Balaban J connectivity index is 2.18. The van der Waals surface area contributed by atoms with Crippen molar-refractivity contribution in [3.63, 3.8) is 0 Å². The van der Waals surface area contributed by atoms with Crippen molar-refractivity contribution in [2.45, 2.75) is 46.3 Å². The van der Waals surface area contributed by atoms with E-state index in [4.69, 9.17) is 0 Å². The first kappa shape index (κ1) is 13.5. The first-order valence-electron chi connectivity index (χ1n) is 5.83. The third kappa shape index (κ3) is 4.55. The minimum atomic E-state index is 0.600. The largest absolute Gasteiger partial charge is 0.310 e. The van der Waals surface area contributed by atoms with Gasteiger partial charge in [0, 0.05) is 37.1 Å². The van der Waals surface area contributed by atoms with Gasteiger partial charge in [-0.15, -0.1) is 5.10 Å². The SMILES string of the molecule is CC(C)N(CCNCc1csnn1)C(C)C. The van der Waals surface area contributed by atoms with E-state index in [1.807, 2.05) is 5.38 Å². The molecule has 0 aliphatic carbocycles. The highest BCUT2D eigenvalue weighted by molar-refractivity contribution is 7.03. The van der Waals surface area contributed by atoms with Gasteiger partial charge in [0.15, 0.2) is 0 Å². The third-order valence-electron chi connectivity index (χ3n) is 2.58. The number of nitrogens with one attached hydrogen (secondary N) is 1. The molecule has 1 aromatic rings. The van der Waals surface area contributed by atoms with E-state index in [0.717, 1.165) is 25.3 Å². The van der Waals surface area contributed by atoms with Gasteiger partial charge < -0.3 is 5.32 Å². The molecule has 0 unspecified atom stereocenters. The van der Waals surface area contributed by atoms with Gasteiger partial charge in [-0.05, 0) is 39.2 Å². The van der Waals surface area contributed by atoms with Gasteiger partial charge in [0.25, 0.3) is 0 Å². The van der Waals surface area contributed by atoms with Crippen molar-refractivity contribution in [2.75, 3.05) is 13.1 Å². The molecule has 16 heavy (non-hydrogen) atoms. The second-order valence-corrected chi connectivity index (χ2v) is 5.11. The first-order chi connectivity index (χ1) is 7.61.